The molecule has 1 rings (SSSR count). The predicted octanol–water partition coefficient (Wildman–Crippen LogP) is 1.22. The molecule has 2 N–H and O–H groups in total. The molecule has 1 aromatic rings. The lowest BCUT2D eigenvalue weighted by molar-refractivity contribution is 0.359. The average molecular weight is 197 g/mol. The Kier molecular flexibility index (Phi) is 4.08. The predicted molar refractivity (Wildman–Crippen MR) is 56.5 cm³/mol. The van der Waals surface area contributed by atoms with Crippen LogP contribution in [0.4, 0.5) is 0 Å². The lowest BCUT2D eigenvalue weighted by Crippen LogP contribution is -2.17. The van der Waals surface area contributed by atoms with Gasteiger partial charge in [0.15, 0.2) is 0 Å². The summed E-state index contributed by atoms with van der Waals surface area (Å²) < 4.78 is 0. The Morgan fingerprint density at radius 3 is 3.08 bits per heavy atom. The quantitative estimate of drug-likeness (QED) is 0.722. The van der Waals surface area contributed by atoms with Crippen molar-refractivity contribution in [3.63, 3.8) is 0 Å². The first-order chi connectivity index (χ1) is 6.26. The van der Waals surface area contributed by atoms with E-state index < -0.39 is 0 Å². The number of aromatic nitrogens is 1. The molecule has 0 unspecified atom stereocenters. The summed E-state index contributed by atoms with van der Waals surface area (Å²) in [7, 11) is 2.04. The zero-order valence-electron chi connectivity index (χ0n) is 7.86. The van der Waals surface area contributed by atoms with Crippen LogP contribution in [0.5, 0.6) is 0 Å². The summed E-state index contributed by atoms with van der Waals surface area (Å²) in [5.74, 6) is 0. The molecule has 0 fully saturated rings. The highest BCUT2D eigenvalue weighted by molar-refractivity contribution is 7.09. The summed E-state index contributed by atoms with van der Waals surface area (Å²) in [4.78, 5) is 6.52. The highest BCUT2D eigenvalue weighted by atomic mass is 32.1. The van der Waals surface area contributed by atoms with Crippen LogP contribution in [-0.2, 0) is 13.1 Å². The van der Waals surface area contributed by atoms with Gasteiger partial charge in [0.2, 0.25) is 0 Å². The van der Waals surface area contributed by atoms with Gasteiger partial charge < -0.3 is 5.73 Å². The number of nitrogens with two attached hydrogens (primary N) is 1. The second-order valence-corrected chi connectivity index (χ2v) is 3.86. The molecule has 0 amide bonds. The molecular weight excluding hydrogens is 182 g/mol. The van der Waals surface area contributed by atoms with Crippen LogP contribution in [0.2, 0.25) is 0 Å². The standard InChI is InChI=1S/C9H15N3S/c1-3-4-12(2)6-8-7-13-9(5-10)11-8/h3,7H,1,4-6,10H2,2H3. The number of nitrogens with zero attached hydrogens (tertiary/aromatic N) is 2. The van der Waals surface area contributed by atoms with Crippen LogP contribution in [0.25, 0.3) is 0 Å². The zero-order chi connectivity index (χ0) is 9.68. The van der Waals surface area contributed by atoms with Gasteiger partial charge in [0.05, 0.1) is 5.69 Å². The molecule has 4 heteroatoms. The van der Waals surface area contributed by atoms with Crippen LogP contribution < -0.4 is 5.73 Å². The lowest BCUT2D eigenvalue weighted by Gasteiger charge is -2.11. The smallest absolute Gasteiger partial charge is 0.106 e. The van der Waals surface area contributed by atoms with Gasteiger partial charge in [-0.25, -0.2) is 4.98 Å². The minimum absolute atomic E-state index is 0.538. The first-order valence-corrected chi connectivity index (χ1v) is 5.07. The van der Waals surface area contributed by atoms with Crippen LogP contribution in [0, 0.1) is 0 Å². The molecular formula is C9H15N3S. The van der Waals surface area contributed by atoms with Crippen molar-refractivity contribution in [3.8, 4) is 0 Å². The van der Waals surface area contributed by atoms with Gasteiger partial charge in [-0.15, -0.1) is 17.9 Å². The van der Waals surface area contributed by atoms with E-state index in [9.17, 15) is 0 Å². The van der Waals surface area contributed by atoms with Crippen LogP contribution in [0.3, 0.4) is 0 Å². The fraction of sp³-hybridized carbons (Fsp3) is 0.444. The van der Waals surface area contributed by atoms with Crippen molar-refractivity contribution in [2.24, 2.45) is 5.73 Å². The van der Waals surface area contributed by atoms with Crippen LogP contribution >= 0.6 is 11.3 Å². The third kappa shape index (κ3) is 3.26. The van der Waals surface area contributed by atoms with Crippen LogP contribution in [0.15, 0.2) is 18.0 Å². The van der Waals surface area contributed by atoms with E-state index in [-0.39, 0.29) is 0 Å². The van der Waals surface area contributed by atoms with Crippen molar-refractivity contribution in [3.05, 3.63) is 28.7 Å². The van der Waals surface area contributed by atoms with Gasteiger partial charge in [-0.2, -0.15) is 0 Å². The molecule has 13 heavy (non-hydrogen) atoms. The number of hydrogen-bond donors (Lipinski definition) is 1. The summed E-state index contributed by atoms with van der Waals surface area (Å²) in [6.45, 7) is 5.97. The Morgan fingerprint density at radius 2 is 2.54 bits per heavy atom. The summed E-state index contributed by atoms with van der Waals surface area (Å²) in [6, 6.07) is 0. The maximum atomic E-state index is 5.47. The molecule has 1 aromatic heterocycles. The SMILES string of the molecule is C=CCN(C)Cc1csc(CN)n1. The second kappa shape index (κ2) is 5.11. The molecule has 3 nitrogen and oxygen atoms in total. The third-order valence-corrected chi connectivity index (χ3v) is 2.57. The summed E-state index contributed by atoms with van der Waals surface area (Å²) >= 11 is 1.62. The van der Waals surface area contributed by atoms with E-state index in [0.29, 0.717) is 6.54 Å². The number of likely N-dealkylation sites (N-methyl/N-ethyl adjacent to an activating group) is 1. The van der Waals surface area contributed by atoms with Crippen LogP contribution in [-0.4, -0.2) is 23.5 Å². The van der Waals surface area contributed by atoms with E-state index >= 15 is 0 Å². The molecule has 0 bridgehead atoms. The van der Waals surface area contributed by atoms with Crippen molar-refractivity contribution in [1.29, 1.82) is 0 Å². The van der Waals surface area contributed by atoms with Gasteiger partial charge in [0.25, 0.3) is 0 Å². The maximum absolute atomic E-state index is 5.47. The van der Waals surface area contributed by atoms with Gasteiger partial charge in [-0.05, 0) is 7.05 Å². The highest BCUT2D eigenvalue weighted by Gasteiger charge is 2.02. The monoisotopic (exact) mass is 197 g/mol. The zero-order valence-corrected chi connectivity index (χ0v) is 8.68. The molecule has 0 radical (unpaired) electrons. The van der Waals surface area contributed by atoms with Crippen molar-refractivity contribution >= 4 is 11.3 Å². The van der Waals surface area contributed by atoms with E-state index in [1.54, 1.807) is 11.3 Å². The van der Waals surface area contributed by atoms with E-state index in [1.165, 1.54) is 0 Å². The lowest BCUT2D eigenvalue weighted by atomic mass is 10.4. The van der Waals surface area contributed by atoms with Crippen molar-refractivity contribution < 1.29 is 0 Å². The normalized spacial score (nSPS) is 10.7. The molecule has 0 aliphatic carbocycles. The number of rotatable bonds is 5. The Bertz CT molecular complexity index is 270. The fourth-order valence-corrected chi connectivity index (χ4v) is 1.74. The Balaban J connectivity index is 2.48. The molecule has 1 heterocycles. The van der Waals surface area contributed by atoms with Gasteiger partial charge in [-0.1, -0.05) is 6.08 Å². The van der Waals surface area contributed by atoms with Crippen LogP contribution in [0.1, 0.15) is 10.7 Å². The summed E-state index contributed by atoms with van der Waals surface area (Å²) in [5, 5.41) is 3.06. The van der Waals surface area contributed by atoms with Gasteiger partial charge in [-0.3, -0.25) is 4.90 Å². The third-order valence-electron chi connectivity index (χ3n) is 1.65. The first-order valence-electron chi connectivity index (χ1n) is 4.19. The minimum Gasteiger partial charge on any atom is -0.325 e. The Hall–Kier alpha value is -0.710. The van der Waals surface area contributed by atoms with E-state index in [2.05, 4.69) is 21.8 Å². The fourth-order valence-electron chi connectivity index (χ4n) is 1.08. The van der Waals surface area contributed by atoms with E-state index in [0.717, 1.165) is 23.8 Å². The largest absolute Gasteiger partial charge is 0.325 e. The number of hydrogen-bond acceptors (Lipinski definition) is 4. The molecule has 0 saturated heterocycles. The number of thiazole rings is 1. The molecule has 0 saturated carbocycles. The second-order valence-electron chi connectivity index (χ2n) is 2.92. The van der Waals surface area contributed by atoms with Crippen molar-refractivity contribution in [1.82, 2.24) is 9.88 Å². The van der Waals surface area contributed by atoms with E-state index in [4.69, 9.17) is 5.73 Å². The topological polar surface area (TPSA) is 42.1 Å². The average Bonchev–Trinajstić information content (AvgIpc) is 2.52. The molecule has 0 aliphatic rings. The summed E-state index contributed by atoms with van der Waals surface area (Å²) in [5.41, 5.74) is 6.56. The minimum atomic E-state index is 0.538. The molecule has 72 valence electrons. The summed E-state index contributed by atoms with van der Waals surface area (Å²) in [6.07, 6.45) is 1.89. The van der Waals surface area contributed by atoms with Gasteiger partial charge in [0.1, 0.15) is 5.01 Å². The molecule has 0 aliphatic heterocycles. The highest BCUT2D eigenvalue weighted by Crippen LogP contribution is 2.10. The maximum Gasteiger partial charge on any atom is 0.106 e. The molecule has 0 spiro atoms. The van der Waals surface area contributed by atoms with Crippen molar-refractivity contribution in [2.45, 2.75) is 13.1 Å². The van der Waals surface area contributed by atoms with E-state index in [1.807, 2.05) is 13.1 Å². The Labute approximate surface area is 82.9 Å². The first kappa shape index (κ1) is 10.4. The van der Waals surface area contributed by atoms with Gasteiger partial charge in [0, 0.05) is 25.0 Å². The van der Waals surface area contributed by atoms with Crippen molar-refractivity contribution in [2.75, 3.05) is 13.6 Å². The van der Waals surface area contributed by atoms with Gasteiger partial charge >= 0.3 is 0 Å². The molecule has 0 atom stereocenters. The molecule has 0 aromatic carbocycles. The Morgan fingerprint density at radius 1 is 1.77 bits per heavy atom.